The highest BCUT2D eigenvalue weighted by molar-refractivity contribution is 7.85. The highest BCUT2D eigenvalue weighted by atomic mass is 31.2. The van der Waals surface area contributed by atoms with E-state index in [9.17, 15) is 4.57 Å². The van der Waals surface area contributed by atoms with Crippen LogP contribution in [0.25, 0.3) is 16.7 Å². The summed E-state index contributed by atoms with van der Waals surface area (Å²) in [6, 6.07) is 42.5. The molecular weight excluding hydrogens is 473 g/mol. The average Bonchev–Trinajstić information content (AvgIpc) is 3.31. The molecule has 0 unspecified atom stereocenters. The third-order valence-electron chi connectivity index (χ3n) is 7.14. The number of aryl methyl sites for hydroxylation is 1. The van der Waals surface area contributed by atoms with Gasteiger partial charge in [0.2, 0.25) is 0 Å². The molecule has 7 rings (SSSR count). The lowest BCUT2D eigenvalue weighted by molar-refractivity contribution is 0.592. The van der Waals surface area contributed by atoms with E-state index in [-0.39, 0.29) is 0 Å². The van der Waals surface area contributed by atoms with Crippen LogP contribution in [-0.4, -0.2) is 9.55 Å². The Morgan fingerprint density at radius 1 is 0.568 bits per heavy atom. The van der Waals surface area contributed by atoms with E-state index < -0.39 is 7.14 Å². The van der Waals surface area contributed by atoms with Gasteiger partial charge in [0.15, 0.2) is 7.14 Å². The summed E-state index contributed by atoms with van der Waals surface area (Å²) in [5.41, 5.74) is 6.36. The second-order valence-corrected chi connectivity index (χ2v) is 12.0. The first-order chi connectivity index (χ1) is 18.2. The maximum absolute atomic E-state index is 14.8. The van der Waals surface area contributed by atoms with E-state index in [0.29, 0.717) is 0 Å². The third kappa shape index (κ3) is 3.23. The zero-order valence-corrected chi connectivity index (χ0v) is 21.2. The van der Waals surface area contributed by atoms with Gasteiger partial charge in [-0.15, -0.1) is 0 Å². The van der Waals surface area contributed by atoms with Gasteiger partial charge in [-0.2, -0.15) is 0 Å². The summed E-state index contributed by atoms with van der Waals surface area (Å²) in [6.07, 6.45) is 0. The van der Waals surface area contributed by atoms with Gasteiger partial charge in [0.05, 0.1) is 28.1 Å². The summed E-state index contributed by atoms with van der Waals surface area (Å²) in [5, 5.41) is 2.49. The monoisotopic (exact) mass is 497 g/mol. The molecule has 0 amide bonds. The van der Waals surface area contributed by atoms with E-state index in [4.69, 9.17) is 4.98 Å². The number of anilines is 3. The Bertz CT molecular complexity index is 1770. The number of benzene rings is 5. The minimum atomic E-state index is -3.03. The van der Waals surface area contributed by atoms with E-state index in [0.717, 1.165) is 55.5 Å². The largest absolute Gasteiger partial charge is 0.309 e. The van der Waals surface area contributed by atoms with Gasteiger partial charge in [-0.05, 0) is 55.5 Å². The summed E-state index contributed by atoms with van der Waals surface area (Å²) >= 11 is 0. The molecule has 5 aromatic carbocycles. The van der Waals surface area contributed by atoms with Crippen molar-refractivity contribution in [3.05, 3.63) is 133 Å². The topological polar surface area (TPSA) is 38.1 Å². The van der Waals surface area contributed by atoms with Gasteiger partial charge in [0, 0.05) is 21.6 Å². The van der Waals surface area contributed by atoms with Crippen molar-refractivity contribution in [2.24, 2.45) is 0 Å². The average molecular weight is 498 g/mol. The molecule has 178 valence electrons. The molecule has 1 aliphatic heterocycles. The summed E-state index contributed by atoms with van der Waals surface area (Å²) in [4.78, 5) is 7.10. The van der Waals surface area contributed by atoms with Crippen LogP contribution < -0.4 is 20.8 Å². The predicted molar refractivity (Wildman–Crippen MR) is 153 cm³/mol. The van der Waals surface area contributed by atoms with E-state index in [1.54, 1.807) is 0 Å². The van der Waals surface area contributed by atoms with Gasteiger partial charge in [-0.1, -0.05) is 78.9 Å². The van der Waals surface area contributed by atoms with Gasteiger partial charge in [-0.25, -0.2) is 4.98 Å². The van der Waals surface area contributed by atoms with Gasteiger partial charge in [0.1, 0.15) is 5.82 Å². The summed E-state index contributed by atoms with van der Waals surface area (Å²) in [5.74, 6) is 0.969. The highest BCUT2D eigenvalue weighted by Gasteiger charge is 2.31. The molecular formula is C32H24N3OP. The fourth-order valence-corrected chi connectivity index (χ4v) is 8.13. The predicted octanol–water partition coefficient (Wildman–Crippen LogP) is 6.76. The Kier molecular flexibility index (Phi) is 4.92. The lowest BCUT2D eigenvalue weighted by Gasteiger charge is -2.33. The van der Waals surface area contributed by atoms with Crippen LogP contribution >= 0.6 is 7.14 Å². The van der Waals surface area contributed by atoms with Gasteiger partial charge in [0.25, 0.3) is 0 Å². The van der Waals surface area contributed by atoms with Crippen LogP contribution in [0, 0.1) is 6.92 Å². The van der Waals surface area contributed by atoms with Crippen molar-refractivity contribution in [3.63, 3.8) is 0 Å². The lowest BCUT2D eigenvalue weighted by Crippen LogP contribution is -2.25. The molecule has 5 heteroatoms. The first-order valence-electron chi connectivity index (χ1n) is 12.4. The van der Waals surface area contributed by atoms with Crippen LogP contribution in [-0.2, 0) is 4.57 Å². The summed E-state index contributed by atoms with van der Waals surface area (Å²) in [7, 11) is -3.03. The Morgan fingerprint density at radius 3 is 1.76 bits per heavy atom. The van der Waals surface area contributed by atoms with Crippen LogP contribution in [0.5, 0.6) is 0 Å². The quantitative estimate of drug-likeness (QED) is 0.252. The molecule has 1 aromatic heterocycles. The number of rotatable bonds is 4. The van der Waals surface area contributed by atoms with Gasteiger partial charge >= 0.3 is 0 Å². The Hall–Kier alpha value is -4.40. The third-order valence-corrected chi connectivity index (χ3v) is 10.2. The van der Waals surface area contributed by atoms with Crippen molar-refractivity contribution in [2.45, 2.75) is 6.92 Å². The molecule has 0 radical (unpaired) electrons. The minimum Gasteiger partial charge on any atom is -0.309 e. The molecule has 1 aliphatic rings. The SMILES string of the molecule is Cc1nc2cccc3c2n1-c1ccccc1N3c1ccc(P(=O)(c2ccccc2)c2ccccc2)cc1. The molecule has 2 heterocycles. The van der Waals surface area contributed by atoms with Crippen LogP contribution in [0.3, 0.4) is 0 Å². The normalized spacial score (nSPS) is 12.5. The van der Waals surface area contributed by atoms with Crippen LogP contribution in [0.2, 0.25) is 0 Å². The molecule has 4 nitrogen and oxygen atoms in total. The molecule has 0 saturated carbocycles. The van der Waals surface area contributed by atoms with E-state index in [1.807, 2.05) is 72.8 Å². The molecule has 0 bridgehead atoms. The van der Waals surface area contributed by atoms with Gasteiger partial charge < -0.3 is 9.46 Å². The summed E-state index contributed by atoms with van der Waals surface area (Å²) in [6.45, 7) is 2.05. The Labute approximate surface area is 215 Å². The number of imidazole rings is 1. The number of hydrogen-bond donors (Lipinski definition) is 0. The molecule has 0 fully saturated rings. The zero-order valence-electron chi connectivity index (χ0n) is 20.3. The fraction of sp³-hybridized carbons (Fsp3) is 0.0312. The number of hydrogen-bond acceptors (Lipinski definition) is 3. The second kappa shape index (κ2) is 8.33. The molecule has 6 aromatic rings. The van der Waals surface area contributed by atoms with Crippen molar-refractivity contribution in [1.82, 2.24) is 9.55 Å². The molecule has 0 spiro atoms. The lowest BCUT2D eigenvalue weighted by atomic mass is 10.1. The smallest absolute Gasteiger partial charge is 0.171 e. The van der Waals surface area contributed by atoms with Crippen molar-refractivity contribution in [1.29, 1.82) is 0 Å². The van der Waals surface area contributed by atoms with Crippen molar-refractivity contribution in [2.75, 3.05) is 4.90 Å². The van der Waals surface area contributed by atoms with Crippen molar-refractivity contribution in [3.8, 4) is 5.69 Å². The first-order valence-corrected chi connectivity index (χ1v) is 14.1. The van der Waals surface area contributed by atoms with E-state index in [1.165, 1.54) is 0 Å². The number of nitrogens with zero attached hydrogens (tertiary/aromatic N) is 3. The standard InChI is InChI=1S/C32H24N3OP/c1-23-33-28-15-10-18-31-32(28)34(23)29-16-8-9-17-30(29)35(31)24-19-21-27(22-20-24)37(36,25-11-4-2-5-12-25)26-13-6-3-7-14-26/h2-22H,1H3. The highest BCUT2D eigenvalue weighted by Crippen LogP contribution is 2.47. The maximum atomic E-state index is 14.8. The Morgan fingerprint density at radius 2 is 1.11 bits per heavy atom. The number of para-hydroxylation sites is 3. The molecule has 0 saturated heterocycles. The number of aromatic nitrogens is 2. The maximum Gasteiger partial charge on any atom is 0.171 e. The fourth-order valence-electron chi connectivity index (χ4n) is 5.49. The second-order valence-electron chi connectivity index (χ2n) is 9.26. The van der Waals surface area contributed by atoms with Gasteiger partial charge in [-0.3, -0.25) is 4.57 Å². The zero-order chi connectivity index (χ0) is 25.0. The van der Waals surface area contributed by atoms with E-state index >= 15 is 0 Å². The van der Waals surface area contributed by atoms with Crippen molar-refractivity contribution < 1.29 is 4.57 Å². The van der Waals surface area contributed by atoms with Crippen molar-refractivity contribution >= 4 is 51.2 Å². The molecule has 0 aliphatic carbocycles. The minimum absolute atomic E-state index is 0.818. The summed E-state index contributed by atoms with van der Waals surface area (Å²) < 4.78 is 17.0. The Balaban J connectivity index is 1.41. The van der Waals surface area contributed by atoms with Crippen LogP contribution in [0.1, 0.15) is 5.82 Å². The number of fused-ring (bicyclic) bond motifs is 2. The van der Waals surface area contributed by atoms with E-state index in [2.05, 4.69) is 71.0 Å². The molecule has 37 heavy (non-hydrogen) atoms. The molecule has 0 N–H and O–H groups in total. The van der Waals surface area contributed by atoms with Crippen LogP contribution in [0.4, 0.5) is 17.1 Å². The first kappa shape index (κ1) is 21.8. The molecule has 0 atom stereocenters. The van der Waals surface area contributed by atoms with Crippen LogP contribution in [0.15, 0.2) is 127 Å².